The molecule has 9 nitrogen and oxygen atoms in total. The van der Waals surface area contributed by atoms with Crippen molar-refractivity contribution in [3.8, 4) is 17.2 Å². The highest BCUT2D eigenvalue weighted by Crippen LogP contribution is 2.27. The lowest BCUT2D eigenvalue weighted by Gasteiger charge is -2.10. The lowest BCUT2D eigenvalue weighted by molar-refractivity contribution is -0.120. The molecule has 9 heteroatoms. The van der Waals surface area contributed by atoms with Gasteiger partial charge in [0.2, 0.25) is 0 Å². The van der Waals surface area contributed by atoms with Crippen molar-refractivity contribution in [3.05, 3.63) is 77.9 Å². The van der Waals surface area contributed by atoms with Gasteiger partial charge in [0.15, 0.2) is 18.1 Å². The minimum absolute atomic E-state index is 0.278. The Hall–Kier alpha value is -4.53. The molecular formula is C25H25N3O6. The van der Waals surface area contributed by atoms with Crippen LogP contribution in [0.5, 0.6) is 17.2 Å². The molecule has 0 bridgehead atoms. The Kier molecular flexibility index (Phi) is 8.45. The Labute approximate surface area is 197 Å². The summed E-state index contributed by atoms with van der Waals surface area (Å²) in [6.45, 7) is -0.278. The molecule has 2 N–H and O–H groups in total. The molecule has 0 spiro atoms. The smallest absolute Gasteiger partial charge is 0.265 e. The van der Waals surface area contributed by atoms with Gasteiger partial charge in [0, 0.05) is 16.8 Å². The SMILES string of the molecule is COc1ccccc1NC(=O)c1ccc(NC(=O)CO/N=C/c2ccc(OC)c(OC)c2)cc1. The molecule has 0 aliphatic heterocycles. The fourth-order valence-electron chi connectivity index (χ4n) is 2.97. The lowest BCUT2D eigenvalue weighted by atomic mass is 10.2. The van der Waals surface area contributed by atoms with Gasteiger partial charge in [-0.25, -0.2) is 0 Å². The third kappa shape index (κ3) is 6.49. The van der Waals surface area contributed by atoms with Gasteiger partial charge in [-0.3, -0.25) is 9.59 Å². The number of oxime groups is 1. The topological polar surface area (TPSA) is 107 Å². The highest BCUT2D eigenvalue weighted by atomic mass is 16.6. The van der Waals surface area contributed by atoms with Crippen molar-refractivity contribution in [1.29, 1.82) is 0 Å². The van der Waals surface area contributed by atoms with Crippen molar-refractivity contribution in [2.24, 2.45) is 5.16 Å². The maximum absolute atomic E-state index is 12.5. The number of amides is 2. The Bertz CT molecular complexity index is 1160. The number of carbonyl (C=O) groups is 2. The normalized spacial score (nSPS) is 10.4. The van der Waals surface area contributed by atoms with Gasteiger partial charge in [-0.1, -0.05) is 17.3 Å². The summed E-state index contributed by atoms with van der Waals surface area (Å²) in [5, 5.41) is 9.28. The number of benzene rings is 3. The van der Waals surface area contributed by atoms with E-state index in [1.165, 1.54) is 13.3 Å². The molecule has 3 rings (SSSR count). The summed E-state index contributed by atoms with van der Waals surface area (Å²) in [5.74, 6) is 1.03. The molecule has 0 heterocycles. The van der Waals surface area contributed by atoms with Crippen LogP contribution in [-0.2, 0) is 9.63 Å². The van der Waals surface area contributed by atoms with Gasteiger partial charge in [0.25, 0.3) is 11.8 Å². The second-order valence-electron chi connectivity index (χ2n) is 6.90. The molecule has 0 fully saturated rings. The third-order valence-corrected chi connectivity index (χ3v) is 4.67. The molecule has 0 aromatic heterocycles. The summed E-state index contributed by atoms with van der Waals surface area (Å²) in [4.78, 5) is 29.6. The van der Waals surface area contributed by atoms with Crippen LogP contribution in [0.15, 0.2) is 71.9 Å². The maximum atomic E-state index is 12.5. The Morgan fingerprint density at radius 2 is 1.53 bits per heavy atom. The number of anilines is 2. The highest BCUT2D eigenvalue weighted by molar-refractivity contribution is 6.05. The van der Waals surface area contributed by atoms with E-state index in [0.717, 1.165) is 5.56 Å². The van der Waals surface area contributed by atoms with E-state index >= 15 is 0 Å². The minimum atomic E-state index is -0.393. The van der Waals surface area contributed by atoms with E-state index in [4.69, 9.17) is 19.0 Å². The number of carbonyl (C=O) groups excluding carboxylic acids is 2. The van der Waals surface area contributed by atoms with E-state index in [1.54, 1.807) is 74.9 Å². The third-order valence-electron chi connectivity index (χ3n) is 4.67. The fourth-order valence-corrected chi connectivity index (χ4v) is 2.97. The van der Waals surface area contributed by atoms with Crippen LogP contribution in [0.1, 0.15) is 15.9 Å². The molecule has 0 saturated carbocycles. The fraction of sp³-hybridized carbons (Fsp3) is 0.160. The number of methoxy groups -OCH3 is 3. The first-order chi connectivity index (χ1) is 16.5. The molecule has 0 unspecified atom stereocenters. The van der Waals surface area contributed by atoms with Gasteiger partial charge in [-0.2, -0.15) is 0 Å². The Morgan fingerprint density at radius 3 is 2.24 bits per heavy atom. The summed E-state index contributed by atoms with van der Waals surface area (Å²) in [5.41, 5.74) is 2.24. The standard InChI is InChI=1S/C25H25N3O6/c1-31-21-7-5-4-6-20(21)28-25(30)18-9-11-19(12-10-18)27-24(29)16-34-26-15-17-8-13-22(32-2)23(14-17)33-3/h4-15H,16H2,1-3H3,(H,27,29)(H,28,30)/b26-15+. The van der Waals surface area contributed by atoms with Crippen LogP contribution in [0, 0.1) is 0 Å². The molecule has 0 aliphatic carbocycles. The summed E-state index contributed by atoms with van der Waals surface area (Å²) >= 11 is 0. The first kappa shape index (κ1) is 24.1. The van der Waals surface area contributed by atoms with Crippen LogP contribution in [0.25, 0.3) is 0 Å². The lowest BCUT2D eigenvalue weighted by Crippen LogP contribution is -2.17. The number of nitrogens with zero attached hydrogens (tertiary/aromatic N) is 1. The number of rotatable bonds is 10. The average molecular weight is 463 g/mol. The number of nitrogens with one attached hydrogen (secondary N) is 2. The van der Waals surface area contributed by atoms with Crippen LogP contribution in [0.4, 0.5) is 11.4 Å². The van der Waals surface area contributed by atoms with Gasteiger partial charge in [-0.05, 0) is 54.6 Å². The molecule has 34 heavy (non-hydrogen) atoms. The molecule has 0 radical (unpaired) electrons. The van der Waals surface area contributed by atoms with Crippen molar-refractivity contribution in [2.75, 3.05) is 38.6 Å². The van der Waals surface area contributed by atoms with Gasteiger partial charge < -0.3 is 29.7 Å². The predicted octanol–water partition coefficient (Wildman–Crippen LogP) is 3.95. The maximum Gasteiger partial charge on any atom is 0.265 e. The molecule has 0 saturated heterocycles. The van der Waals surface area contributed by atoms with E-state index in [1.807, 2.05) is 6.07 Å². The molecule has 2 amide bonds. The Morgan fingerprint density at radius 1 is 0.824 bits per heavy atom. The van der Waals surface area contributed by atoms with Gasteiger partial charge in [0.1, 0.15) is 5.75 Å². The van der Waals surface area contributed by atoms with E-state index < -0.39 is 5.91 Å². The zero-order valence-corrected chi connectivity index (χ0v) is 19.0. The monoisotopic (exact) mass is 463 g/mol. The first-order valence-electron chi connectivity index (χ1n) is 10.3. The quantitative estimate of drug-likeness (QED) is 0.348. The average Bonchev–Trinajstić information content (AvgIpc) is 2.87. The number of para-hydroxylation sites is 2. The van der Waals surface area contributed by atoms with E-state index in [0.29, 0.717) is 34.2 Å². The molecule has 3 aromatic carbocycles. The number of ether oxygens (including phenoxy) is 3. The molecule has 0 atom stereocenters. The number of hydrogen-bond donors (Lipinski definition) is 2. The van der Waals surface area contributed by atoms with Crippen LogP contribution < -0.4 is 24.8 Å². The van der Waals surface area contributed by atoms with E-state index in [2.05, 4.69) is 15.8 Å². The van der Waals surface area contributed by atoms with Gasteiger partial charge in [0.05, 0.1) is 33.2 Å². The molecule has 176 valence electrons. The van der Waals surface area contributed by atoms with E-state index in [-0.39, 0.29) is 12.5 Å². The van der Waals surface area contributed by atoms with Gasteiger partial charge in [-0.15, -0.1) is 0 Å². The summed E-state index contributed by atoms with van der Waals surface area (Å²) in [6.07, 6.45) is 1.46. The highest BCUT2D eigenvalue weighted by Gasteiger charge is 2.10. The summed E-state index contributed by atoms with van der Waals surface area (Å²) in [7, 11) is 4.63. The second-order valence-corrected chi connectivity index (χ2v) is 6.90. The summed E-state index contributed by atoms with van der Waals surface area (Å²) in [6, 6.07) is 18.8. The Balaban J connectivity index is 1.49. The molecule has 0 aliphatic rings. The van der Waals surface area contributed by atoms with Crippen LogP contribution in [0.2, 0.25) is 0 Å². The largest absolute Gasteiger partial charge is 0.495 e. The van der Waals surface area contributed by atoms with Crippen molar-refractivity contribution >= 4 is 29.4 Å². The van der Waals surface area contributed by atoms with Crippen LogP contribution >= 0.6 is 0 Å². The van der Waals surface area contributed by atoms with Crippen LogP contribution in [0.3, 0.4) is 0 Å². The first-order valence-corrected chi connectivity index (χ1v) is 10.3. The van der Waals surface area contributed by atoms with Crippen molar-refractivity contribution in [1.82, 2.24) is 0 Å². The van der Waals surface area contributed by atoms with Crippen molar-refractivity contribution < 1.29 is 28.6 Å². The van der Waals surface area contributed by atoms with Crippen molar-refractivity contribution in [2.45, 2.75) is 0 Å². The summed E-state index contributed by atoms with van der Waals surface area (Å²) < 4.78 is 15.6. The van der Waals surface area contributed by atoms with Gasteiger partial charge >= 0.3 is 0 Å². The number of hydrogen-bond acceptors (Lipinski definition) is 7. The predicted molar refractivity (Wildman–Crippen MR) is 129 cm³/mol. The molecular weight excluding hydrogens is 438 g/mol. The molecule has 3 aromatic rings. The van der Waals surface area contributed by atoms with E-state index in [9.17, 15) is 9.59 Å². The van der Waals surface area contributed by atoms with Crippen LogP contribution in [-0.4, -0.2) is 46.0 Å². The zero-order chi connectivity index (χ0) is 24.3. The zero-order valence-electron chi connectivity index (χ0n) is 19.0. The van der Waals surface area contributed by atoms with Crippen molar-refractivity contribution in [3.63, 3.8) is 0 Å². The minimum Gasteiger partial charge on any atom is -0.495 e. The second kappa shape index (κ2) is 11.9.